The van der Waals surface area contributed by atoms with Crippen molar-refractivity contribution < 1.29 is 5.11 Å². The maximum absolute atomic E-state index is 9.69. The summed E-state index contributed by atoms with van der Waals surface area (Å²) in [5.74, 6) is 1.12. The molecule has 1 aromatic heterocycles. The predicted octanol–water partition coefficient (Wildman–Crippen LogP) is 2.31. The zero-order valence-electron chi connectivity index (χ0n) is 11.5. The summed E-state index contributed by atoms with van der Waals surface area (Å²) in [5.41, 5.74) is 1.51. The molecule has 4 heteroatoms. The number of nitriles is 1. The molecule has 1 aromatic carbocycles. The van der Waals surface area contributed by atoms with Crippen molar-refractivity contribution in [1.29, 1.82) is 5.26 Å². The number of benzene rings is 1. The largest absolute Gasteiger partial charge is 0.393 e. The molecular formula is C16H17N3O. The van der Waals surface area contributed by atoms with Crippen molar-refractivity contribution in [3.05, 3.63) is 35.9 Å². The first-order valence-electron chi connectivity index (χ1n) is 6.92. The van der Waals surface area contributed by atoms with Gasteiger partial charge in [-0.1, -0.05) is 18.2 Å². The van der Waals surface area contributed by atoms with Crippen molar-refractivity contribution >= 4 is 16.7 Å². The van der Waals surface area contributed by atoms with Crippen molar-refractivity contribution in [2.24, 2.45) is 5.92 Å². The molecule has 2 aromatic rings. The molecule has 20 heavy (non-hydrogen) atoms. The number of aliphatic hydroxyl groups excluding tert-OH is 1. The Kier molecular flexibility index (Phi) is 3.29. The van der Waals surface area contributed by atoms with Gasteiger partial charge in [-0.05, 0) is 25.5 Å². The molecular weight excluding hydrogens is 250 g/mol. The minimum Gasteiger partial charge on any atom is -0.393 e. The molecule has 2 atom stereocenters. The lowest BCUT2D eigenvalue weighted by atomic mass is 10.0. The fourth-order valence-corrected chi connectivity index (χ4v) is 2.81. The summed E-state index contributed by atoms with van der Waals surface area (Å²) in [7, 11) is 0. The van der Waals surface area contributed by atoms with E-state index in [1.54, 1.807) is 0 Å². The molecule has 0 radical (unpaired) electrons. The second-order valence-electron chi connectivity index (χ2n) is 5.39. The molecule has 0 aliphatic carbocycles. The summed E-state index contributed by atoms with van der Waals surface area (Å²) in [6, 6.07) is 11.8. The Morgan fingerprint density at radius 1 is 1.45 bits per heavy atom. The lowest BCUT2D eigenvalue weighted by molar-refractivity contribution is 0.136. The summed E-state index contributed by atoms with van der Waals surface area (Å²) in [6.07, 6.45) is 0.671. The zero-order valence-corrected chi connectivity index (χ0v) is 11.5. The molecule has 0 spiro atoms. The van der Waals surface area contributed by atoms with Gasteiger partial charge in [0.1, 0.15) is 5.82 Å². The number of aromatic nitrogens is 1. The van der Waals surface area contributed by atoms with Crippen molar-refractivity contribution in [1.82, 2.24) is 4.98 Å². The van der Waals surface area contributed by atoms with Gasteiger partial charge < -0.3 is 10.0 Å². The molecule has 4 nitrogen and oxygen atoms in total. The third-order valence-electron chi connectivity index (χ3n) is 4.05. The number of nitrogens with zero attached hydrogens (tertiary/aromatic N) is 3. The number of hydrogen-bond donors (Lipinski definition) is 1. The van der Waals surface area contributed by atoms with Gasteiger partial charge in [0.25, 0.3) is 0 Å². The van der Waals surface area contributed by atoms with Crippen LogP contribution in [-0.4, -0.2) is 29.3 Å². The highest BCUT2D eigenvalue weighted by molar-refractivity contribution is 5.86. The molecule has 2 unspecified atom stereocenters. The van der Waals surface area contributed by atoms with Gasteiger partial charge >= 0.3 is 0 Å². The molecule has 1 N–H and O–H groups in total. The van der Waals surface area contributed by atoms with E-state index in [4.69, 9.17) is 0 Å². The van der Waals surface area contributed by atoms with Crippen LogP contribution in [0.5, 0.6) is 0 Å². The van der Waals surface area contributed by atoms with E-state index < -0.39 is 0 Å². The molecule has 0 saturated carbocycles. The lowest BCUT2D eigenvalue weighted by Crippen LogP contribution is -2.24. The van der Waals surface area contributed by atoms with Gasteiger partial charge in [-0.15, -0.1) is 0 Å². The van der Waals surface area contributed by atoms with Crippen LogP contribution >= 0.6 is 0 Å². The summed E-state index contributed by atoms with van der Waals surface area (Å²) >= 11 is 0. The van der Waals surface area contributed by atoms with E-state index in [0.29, 0.717) is 5.56 Å². The Bertz CT molecular complexity index is 675. The first-order valence-corrected chi connectivity index (χ1v) is 6.92. The predicted molar refractivity (Wildman–Crippen MR) is 78.5 cm³/mol. The number of pyridine rings is 1. The van der Waals surface area contributed by atoms with Crippen molar-refractivity contribution in [3.8, 4) is 6.07 Å². The van der Waals surface area contributed by atoms with E-state index in [1.807, 2.05) is 37.3 Å². The monoisotopic (exact) mass is 267 g/mol. The Balaban J connectivity index is 1.99. The number of anilines is 1. The standard InChI is InChI=1S/C16H17N3O/c1-11(20)12-6-7-19(10-12)16-8-13(9-17)14-4-2-3-5-15(14)18-16/h2-5,8,11-12,20H,6-7,10H2,1H3. The molecule has 1 fully saturated rings. The van der Waals surface area contributed by atoms with Crippen LogP contribution in [0, 0.1) is 17.2 Å². The van der Waals surface area contributed by atoms with Crippen LogP contribution in [0.1, 0.15) is 18.9 Å². The van der Waals surface area contributed by atoms with E-state index in [-0.39, 0.29) is 12.0 Å². The van der Waals surface area contributed by atoms with E-state index >= 15 is 0 Å². The fourth-order valence-electron chi connectivity index (χ4n) is 2.81. The van der Waals surface area contributed by atoms with E-state index in [2.05, 4.69) is 16.0 Å². The number of hydrogen-bond acceptors (Lipinski definition) is 4. The average Bonchev–Trinajstić information content (AvgIpc) is 2.96. The average molecular weight is 267 g/mol. The minimum absolute atomic E-state index is 0.286. The van der Waals surface area contributed by atoms with Crippen LogP contribution in [0.3, 0.4) is 0 Å². The van der Waals surface area contributed by atoms with Crippen molar-refractivity contribution in [2.45, 2.75) is 19.4 Å². The second kappa shape index (κ2) is 5.10. The number of fused-ring (bicyclic) bond motifs is 1. The third kappa shape index (κ3) is 2.21. The first-order chi connectivity index (χ1) is 9.69. The molecule has 1 saturated heterocycles. The summed E-state index contributed by atoms with van der Waals surface area (Å²) < 4.78 is 0. The Morgan fingerprint density at radius 2 is 2.25 bits per heavy atom. The highest BCUT2D eigenvalue weighted by Gasteiger charge is 2.27. The highest BCUT2D eigenvalue weighted by atomic mass is 16.3. The maximum Gasteiger partial charge on any atom is 0.130 e. The summed E-state index contributed by atoms with van der Waals surface area (Å²) in [5, 5.41) is 19.9. The molecule has 0 bridgehead atoms. The van der Waals surface area contributed by atoms with Gasteiger partial charge in [-0.25, -0.2) is 4.98 Å². The van der Waals surface area contributed by atoms with E-state index in [1.165, 1.54) is 0 Å². The maximum atomic E-state index is 9.69. The molecule has 3 rings (SSSR count). The Labute approximate surface area is 118 Å². The number of rotatable bonds is 2. The molecule has 2 heterocycles. The van der Waals surface area contributed by atoms with E-state index in [0.717, 1.165) is 36.2 Å². The Hall–Kier alpha value is -2.12. The van der Waals surface area contributed by atoms with Crippen LogP contribution in [0.25, 0.3) is 10.9 Å². The molecule has 102 valence electrons. The smallest absolute Gasteiger partial charge is 0.130 e. The van der Waals surface area contributed by atoms with Gasteiger partial charge in [0.2, 0.25) is 0 Å². The van der Waals surface area contributed by atoms with Crippen LogP contribution in [0.4, 0.5) is 5.82 Å². The summed E-state index contributed by atoms with van der Waals surface area (Å²) in [6.45, 7) is 3.52. The zero-order chi connectivity index (χ0) is 14.1. The molecule has 1 aliphatic heterocycles. The van der Waals surface area contributed by atoms with Crippen LogP contribution in [-0.2, 0) is 0 Å². The number of aliphatic hydroxyl groups is 1. The Morgan fingerprint density at radius 3 is 2.95 bits per heavy atom. The third-order valence-corrected chi connectivity index (χ3v) is 4.05. The quantitative estimate of drug-likeness (QED) is 0.907. The second-order valence-corrected chi connectivity index (χ2v) is 5.39. The van der Waals surface area contributed by atoms with Crippen LogP contribution in [0.2, 0.25) is 0 Å². The topological polar surface area (TPSA) is 60.1 Å². The SMILES string of the molecule is CC(O)C1CCN(c2cc(C#N)c3ccccc3n2)C1. The van der Waals surface area contributed by atoms with Crippen LogP contribution < -0.4 is 4.90 Å². The highest BCUT2D eigenvalue weighted by Crippen LogP contribution is 2.27. The normalized spacial score (nSPS) is 20.1. The van der Waals surface area contributed by atoms with Gasteiger partial charge in [0.15, 0.2) is 0 Å². The van der Waals surface area contributed by atoms with Gasteiger partial charge in [0, 0.05) is 24.4 Å². The molecule has 0 amide bonds. The molecule has 1 aliphatic rings. The van der Waals surface area contributed by atoms with Gasteiger partial charge in [0.05, 0.1) is 23.3 Å². The fraction of sp³-hybridized carbons (Fsp3) is 0.375. The first kappa shape index (κ1) is 12.9. The van der Waals surface area contributed by atoms with E-state index in [9.17, 15) is 10.4 Å². The van der Waals surface area contributed by atoms with Crippen LogP contribution in [0.15, 0.2) is 30.3 Å². The summed E-state index contributed by atoms with van der Waals surface area (Å²) in [4.78, 5) is 6.81. The minimum atomic E-state index is -0.295. The van der Waals surface area contributed by atoms with Crippen molar-refractivity contribution in [3.63, 3.8) is 0 Å². The van der Waals surface area contributed by atoms with Gasteiger partial charge in [-0.3, -0.25) is 0 Å². The lowest BCUT2D eigenvalue weighted by Gasteiger charge is -2.19. The van der Waals surface area contributed by atoms with Crippen molar-refractivity contribution in [2.75, 3.05) is 18.0 Å². The van der Waals surface area contributed by atoms with Gasteiger partial charge in [-0.2, -0.15) is 5.26 Å². The number of para-hydroxylation sites is 1.